The highest BCUT2D eigenvalue weighted by Gasteiger charge is 2.24. The molecule has 0 N–H and O–H groups in total. The summed E-state index contributed by atoms with van der Waals surface area (Å²) in [5.74, 6) is 0.833. The van der Waals surface area contributed by atoms with Crippen molar-refractivity contribution in [3.63, 3.8) is 0 Å². The summed E-state index contributed by atoms with van der Waals surface area (Å²) < 4.78 is 6.53. The van der Waals surface area contributed by atoms with E-state index >= 15 is 0 Å². The molecule has 1 aromatic carbocycles. The molecule has 1 aromatic rings. The number of anilines is 1. The van der Waals surface area contributed by atoms with Crippen LogP contribution in [-0.4, -0.2) is 42.8 Å². The molecule has 0 unspecified atom stereocenters. The molecule has 0 bridgehead atoms. The van der Waals surface area contributed by atoms with Gasteiger partial charge in [0.2, 0.25) is 0 Å². The smallest absolute Gasteiger partial charge is 0.410 e. The van der Waals surface area contributed by atoms with Crippen LogP contribution in [0, 0.1) is 5.92 Å². The topological polar surface area (TPSA) is 32.8 Å². The molecular formula is C23H41BrN2O2. The molecular weight excluding hydrogens is 416 g/mol. The molecule has 0 aromatic heterocycles. The fraction of sp³-hybridized carbons (Fsp3) is 0.696. The van der Waals surface area contributed by atoms with Crippen LogP contribution in [0.5, 0.6) is 0 Å². The number of rotatable bonds is 1. The molecule has 1 heterocycles. The predicted octanol–water partition coefficient (Wildman–Crippen LogP) is 6.97. The van der Waals surface area contributed by atoms with Crippen LogP contribution in [-0.2, 0) is 4.74 Å². The Morgan fingerprint density at radius 3 is 2.00 bits per heavy atom. The van der Waals surface area contributed by atoms with Gasteiger partial charge < -0.3 is 14.5 Å². The van der Waals surface area contributed by atoms with Crippen LogP contribution >= 0.6 is 15.9 Å². The van der Waals surface area contributed by atoms with Crippen LogP contribution < -0.4 is 4.90 Å². The molecule has 1 fully saturated rings. The first-order valence-electron chi connectivity index (χ1n) is 10.5. The summed E-state index contributed by atoms with van der Waals surface area (Å²) in [5.41, 5.74) is 0.763. The summed E-state index contributed by atoms with van der Waals surface area (Å²) >= 11 is 3.45. The van der Waals surface area contributed by atoms with E-state index in [0.29, 0.717) is 6.54 Å². The second kappa shape index (κ2) is 13.9. The zero-order valence-corrected chi connectivity index (χ0v) is 20.8. The van der Waals surface area contributed by atoms with Gasteiger partial charge in [-0.3, -0.25) is 0 Å². The van der Waals surface area contributed by atoms with Crippen molar-refractivity contribution in [2.24, 2.45) is 5.92 Å². The Balaban J connectivity index is 0.000000904. The van der Waals surface area contributed by atoms with Gasteiger partial charge in [0.05, 0.1) is 0 Å². The first-order chi connectivity index (χ1) is 13.0. The summed E-state index contributed by atoms with van der Waals surface area (Å²) in [6.07, 6.45) is 2.00. The van der Waals surface area contributed by atoms with Crippen molar-refractivity contribution in [1.29, 1.82) is 0 Å². The van der Waals surface area contributed by atoms with E-state index in [1.165, 1.54) is 12.1 Å². The van der Waals surface area contributed by atoms with E-state index in [-0.39, 0.29) is 6.09 Å². The molecule has 0 spiro atoms. The lowest BCUT2D eigenvalue weighted by Crippen LogP contribution is -2.39. The van der Waals surface area contributed by atoms with Crippen LogP contribution in [0.15, 0.2) is 28.7 Å². The van der Waals surface area contributed by atoms with Crippen LogP contribution in [0.3, 0.4) is 0 Å². The minimum atomic E-state index is -0.436. The highest BCUT2D eigenvalue weighted by atomic mass is 79.9. The third-order valence-corrected chi connectivity index (χ3v) is 3.87. The molecule has 1 saturated heterocycles. The van der Waals surface area contributed by atoms with Gasteiger partial charge in [0, 0.05) is 36.3 Å². The van der Waals surface area contributed by atoms with Gasteiger partial charge in [-0.05, 0) is 57.4 Å². The molecule has 0 aliphatic carbocycles. The van der Waals surface area contributed by atoms with E-state index in [9.17, 15) is 4.79 Å². The summed E-state index contributed by atoms with van der Waals surface area (Å²) in [5, 5.41) is 0. The van der Waals surface area contributed by atoms with Crippen molar-refractivity contribution in [2.75, 3.05) is 31.1 Å². The minimum Gasteiger partial charge on any atom is -0.444 e. The second-order valence-corrected chi connectivity index (χ2v) is 9.64. The van der Waals surface area contributed by atoms with Gasteiger partial charge in [0.1, 0.15) is 5.60 Å². The van der Waals surface area contributed by atoms with Gasteiger partial charge in [0.25, 0.3) is 0 Å². The van der Waals surface area contributed by atoms with E-state index in [2.05, 4.69) is 67.6 Å². The van der Waals surface area contributed by atoms with E-state index in [4.69, 9.17) is 4.74 Å². The molecule has 28 heavy (non-hydrogen) atoms. The lowest BCUT2D eigenvalue weighted by atomic mass is 10.2. The minimum absolute atomic E-state index is 0.208. The maximum Gasteiger partial charge on any atom is 0.410 e. The van der Waals surface area contributed by atoms with Gasteiger partial charge >= 0.3 is 6.09 Å². The monoisotopic (exact) mass is 456 g/mol. The highest BCUT2D eigenvalue weighted by molar-refractivity contribution is 9.10. The number of ether oxygens (including phenoxy) is 1. The van der Waals surface area contributed by atoms with Crippen molar-refractivity contribution >= 4 is 27.7 Å². The number of hydrogen-bond donors (Lipinski definition) is 0. The first kappa shape index (κ1) is 26.8. The summed E-state index contributed by atoms with van der Waals surface area (Å²) in [4.78, 5) is 16.3. The highest BCUT2D eigenvalue weighted by Crippen LogP contribution is 2.20. The van der Waals surface area contributed by atoms with Crippen molar-refractivity contribution in [2.45, 2.75) is 73.8 Å². The van der Waals surface area contributed by atoms with Gasteiger partial charge in [0.15, 0.2) is 0 Å². The van der Waals surface area contributed by atoms with Gasteiger partial charge in [-0.15, -0.1) is 0 Å². The molecule has 4 nitrogen and oxygen atoms in total. The Bertz CT molecular complexity index is 536. The third kappa shape index (κ3) is 13.0. The number of halogens is 1. The van der Waals surface area contributed by atoms with Gasteiger partial charge in [-0.1, -0.05) is 57.0 Å². The number of carbonyl (C=O) groups is 1. The Morgan fingerprint density at radius 2 is 1.54 bits per heavy atom. The van der Waals surface area contributed by atoms with E-state index < -0.39 is 5.60 Å². The fourth-order valence-electron chi connectivity index (χ4n) is 2.34. The average molecular weight is 457 g/mol. The molecule has 162 valence electrons. The number of amides is 1. The molecule has 5 heteroatoms. The summed E-state index contributed by atoms with van der Waals surface area (Å²) in [6.45, 7) is 19.7. The maximum atomic E-state index is 12.1. The first-order valence-corrected chi connectivity index (χ1v) is 11.3. The van der Waals surface area contributed by atoms with Crippen LogP contribution in [0.25, 0.3) is 0 Å². The van der Waals surface area contributed by atoms with E-state index in [0.717, 1.165) is 36.4 Å². The Morgan fingerprint density at radius 1 is 1.04 bits per heavy atom. The molecule has 1 aliphatic heterocycles. The molecule has 0 atom stereocenters. The fourth-order valence-corrected chi connectivity index (χ4v) is 2.60. The predicted molar refractivity (Wildman–Crippen MR) is 125 cm³/mol. The molecule has 0 radical (unpaired) electrons. The lowest BCUT2D eigenvalue weighted by molar-refractivity contribution is 0.0263. The SMILES string of the molecule is CC(C)(C)OC(=O)N1CCCN(c2ccc(Br)cc2)CC1.CC(C)C.CCC. The largest absolute Gasteiger partial charge is 0.444 e. The number of carbonyl (C=O) groups excluding carboxylic acids is 1. The zero-order valence-electron chi connectivity index (χ0n) is 19.2. The van der Waals surface area contributed by atoms with Crippen LogP contribution in [0.1, 0.15) is 68.2 Å². The van der Waals surface area contributed by atoms with Crippen molar-refractivity contribution in [1.82, 2.24) is 4.90 Å². The number of benzene rings is 1. The second-order valence-electron chi connectivity index (χ2n) is 8.72. The van der Waals surface area contributed by atoms with Crippen LogP contribution in [0.2, 0.25) is 0 Å². The molecule has 2 rings (SSSR count). The van der Waals surface area contributed by atoms with Crippen molar-refractivity contribution in [3.05, 3.63) is 28.7 Å². The quantitative estimate of drug-likeness (QED) is 0.456. The Labute approximate surface area is 181 Å². The zero-order chi connectivity index (χ0) is 21.7. The Kier molecular flexibility index (Phi) is 13.3. The van der Waals surface area contributed by atoms with Gasteiger partial charge in [-0.25, -0.2) is 4.79 Å². The third-order valence-electron chi connectivity index (χ3n) is 3.34. The van der Waals surface area contributed by atoms with E-state index in [1.54, 1.807) is 0 Å². The Hall–Kier alpha value is -1.23. The molecule has 0 saturated carbocycles. The molecule has 1 amide bonds. The maximum absolute atomic E-state index is 12.1. The number of nitrogens with zero attached hydrogens (tertiary/aromatic N) is 2. The van der Waals surface area contributed by atoms with Crippen molar-refractivity contribution < 1.29 is 9.53 Å². The standard InChI is InChI=1S/C16H23BrN2O2.C4H10.C3H8/c1-16(2,3)21-15(20)19-10-4-9-18(11-12-19)14-7-5-13(17)6-8-14;1-4(2)3;1-3-2/h5-8H,4,9-12H2,1-3H3;4H,1-3H3;3H2,1-2H3. The average Bonchev–Trinajstić information content (AvgIpc) is 2.80. The number of hydrogen-bond acceptors (Lipinski definition) is 3. The molecule has 1 aliphatic rings. The lowest BCUT2D eigenvalue weighted by Gasteiger charge is -2.27. The summed E-state index contributed by atoms with van der Waals surface area (Å²) in [6, 6.07) is 8.30. The summed E-state index contributed by atoms with van der Waals surface area (Å²) in [7, 11) is 0. The van der Waals surface area contributed by atoms with Crippen molar-refractivity contribution in [3.8, 4) is 0 Å². The van der Waals surface area contributed by atoms with E-state index in [1.807, 2.05) is 37.8 Å². The van der Waals surface area contributed by atoms with Crippen LogP contribution in [0.4, 0.5) is 10.5 Å². The normalized spacial score (nSPS) is 14.4. The van der Waals surface area contributed by atoms with Gasteiger partial charge in [-0.2, -0.15) is 0 Å².